The average Bonchev–Trinajstić information content (AvgIpc) is 3.80. The Hall–Kier alpha value is -3.00. The van der Waals surface area contributed by atoms with Crippen molar-refractivity contribution in [1.29, 1.82) is 5.26 Å². The van der Waals surface area contributed by atoms with E-state index in [4.69, 9.17) is 16.2 Å². The van der Waals surface area contributed by atoms with E-state index in [0.717, 1.165) is 17.3 Å². The number of unbranched alkanes of at least 4 members (excludes halogenated alkanes) is 1. The lowest BCUT2D eigenvalue weighted by atomic mass is 9.94. The fourth-order valence-corrected chi connectivity index (χ4v) is 4.32. The zero-order valence-corrected chi connectivity index (χ0v) is 22.9. The van der Waals surface area contributed by atoms with Crippen LogP contribution in [-0.4, -0.2) is 23.6 Å². The van der Waals surface area contributed by atoms with Gasteiger partial charge in [-0.2, -0.15) is 10.3 Å². The number of hydrogen-bond acceptors (Lipinski definition) is 5. The van der Waals surface area contributed by atoms with Crippen molar-refractivity contribution >= 4 is 28.4 Å². The summed E-state index contributed by atoms with van der Waals surface area (Å²) in [6.45, 7) is 8.11. The van der Waals surface area contributed by atoms with Crippen molar-refractivity contribution in [3.05, 3.63) is 47.1 Å². The van der Waals surface area contributed by atoms with Gasteiger partial charge in [0.2, 0.25) is 0 Å². The van der Waals surface area contributed by atoms with Crippen LogP contribution in [0.1, 0.15) is 77.3 Å². The number of nitrogens with two attached hydrogens (primary N) is 2. The second-order valence-corrected chi connectivity index (χ2v) is 10.1. The number of thioether (sulfide) groups is 1. The monoisotopic (exact) mass is 506 g/mol. The summed E-state index contributed by atoms with van der Waals surface area (Å²) in [5.41, 5.74) is 14.8. The van der Waals surface area contributed by atoms with E-state index < -0.39 is 11.3 Å². The summed E-state index contributed by atoms with van der Waals surface area (Å²) in [5.74, 6) is 6.82. The highest BCUT2D eigenvalue weighted by Crippen LogP contribution is 2.70. The quantitative estimate of drug-likeness (QED) is 0.121. The molecule has 2 atom stereocenters. The Morgan fingerprint density at radius 2 is 2.03 bits per heavy atom. The van der Waals surface area contributed by atoms with Gasteiger partial charge in [-0.15, -0.1) is 0 Å². The first-order valence-electron chi connectivity index (χ1n) is 12.5. The van der Waals surface area contributed by atoms with Crippen LogP contribution in [0.5, 0.6) is 5.75 Å². The Balaban J connectivity index is 0.00000106. The molecule has 0 heterocycles. The van der Waals surface area contributed by atoms with Gasteiger partial charge in [-0.05, 0) is 61.8 Å². The van der Waals surface area contributed by atoms with Crippen LogP contribution in [0.25, 0.3) is 5.57 Å². The molecule has 0 aromatic heterocycles. The van der Waals surface area contributed by atoms with Gasteiger partial charge in [-0.1, -0.05) is 69.4 Å². The lowest BCUT2D eigenvalue weighted by Gasteiger charge is -2.14. The molecule has 1 aromatic rings. The molecule has 0 saturated heterocycles. The molecule has 2 aliphatic rings. The van der Waals surface area contributed by atoms with Gasteiger partial charge in [-0.3, -0.25) is 4.79 Å². The summed E-state index contributed by atoms with van der Waals surface area (Å²) >= 11 is 1.08. The Morgan fingerprint density at radius 1 is 1.33 bits per heavy atom. The Bertz CT molecular complexity index is 1130. The molecule has 192 valence electrons. The van der Waals surface area contributed by atoms with Crippen LogP contribution < -0.4 is 16.2 Å². The van der Waals surface area contributed by atoms with Gasteiger partial charge in [0, 0.05) is 17.1 Å². The smallest absolute Gasteiger partial charge is 0.279 e. The van der Waals surface area contributed by atoms with Crippen molar-refractivity contribution in [3.63, 3.8) is 0 Å². The topological polar surface area (TPSA) is 114 Å². The van der Waals surface area contributed by atoms with Gasteiger partial charge < -0.3 is 16.2 Å². The van der Waals surface area contributed by atoms with Gasteiger partial charge in [-0.25, -0.2) is 0 Å². The van der Waals surface area contributed by atoms with Crippen molar-refractivity contribution in [1.82, 2.24) is 0 Å². The van der Waals surface area contributed by atoms with Crippen LogP contribution in [0.15, 0.2) is 40.9 Å². The van der Waals surface area contributed by atoms with Crippen LogP contribution in [0.3, 0.4) is 0 Å². The van der Waals surface area contributed by atoms with Crippen molar-refractivity contribution in [2.24, 2.45) is 27.8 Å². The number of amidine groups is 1. The van der Waals surface area contributed by atoms with E-state index in [9.17, 15) is 10.1 Å². The number of benzene rings is 1. The van der Waals surface area contributed by atoms with Gasteiger partial charge >= 0.3 is 0 Å². The molecule has 0 aliphatic heterocycles. The number of carbonyl (C=O) groups excluding carboxylic acids is 1. The third kappa shape index (κ3) is 8.01. The molecule has 0 radical (unpaired) electrons. The minimum absolute atomic E-state index is 0.0731. The van der Waals surface area contributed by atoms with Crippen LogP contribution in [0.4, 0.5) is 0 Å². The molecule has 7 heteroatoms. The highest BCUT2D eigenvalue weighted by Gasteiger charge is 2.62. The molecule has 4 N–H and O–H groups in total. The Labute approximate surface area is 220 Å². The molecule has 3 rings (SSSR count). The molecular weight excluding hydrogens is 468 g/mol. The number of allylic oxidation sites excluding steroid dienone is 2. The minimum atomic E-state index is -0.532. The van der Waals surface area contributed by atoms with E-state index in [1.807, 2.05) is 13.8 Å². The molecule has 0 bridgehead atoms. The van der Waals surface area contributed by atoms with Gasteiger partial charge in [0.1, 0.15) is 11.1 Å². The fraction of sp³-hybridized carbons (Fsp3) is 0.483. The molecule has 2 saturated carbocycles. The molecule has 2 fully saturated rings. The number of carbonyl (C=O) groups is 1. The highest BCUT2D eigenvalue weighted by molar-refractivity contribution is 8.14. The Kier molecular flexibility index (Phi) is 11.3. The van der Waals surface area contributed by atoms with Crippen molar-refractivity contribution in [2.75, 3.05) is 7.11 Å². The Morgan fingerprint density at radius 3 is 2.53 bits per heavy atom. The molecule has 2 aliphatic carbocycles. The van der Waals surface area contributed by atoms with Crippen LogP contribution in [-0.2, 0) is 4.79 Å². The molecule has 6 nitrogen and oxygen atoms in total. The SMILES string of the molecule is C/C=C\C(C(=O)N=C(N)SC(N)C#CC1CC12CC2)=C(/CC)c1cc(C#N)ccc1OC.CCCC. The first kappa shape index (κ1) is 29.2. The lowest BCUT2D eigenvalue weighted by Crippen LogP contribution is -2.21. The van der Waals surface area contributed by atoms with Gasteiger partial charge in [0.25, 0.3) is 5.91 Å². The van der Waals surface area contributed by atoms with Crippen LogP contribution in [0, 0.1) is 34.5 Å². The average molecular weight is 507 g/mol. The zero-order valence-electron chi connectivity index (χ0n) is 22.1. The molecule has 1 amide bonds. The third-order valence-corrected chi connectivity index (χ3v) is 7.04. The van der Waals surface area contributed by atoms with Crippen LogP contribution in [0.2, 0.25) is 0 Å². The second kappa shape index (κ2) is 13.9. The van der Waals surface area contributed by atoms with E-state index in [-0.39, 0.29) is 5.17 Å². The summed E-state index contributed by atoms with van der Waals surface area (Å²) in [7, 11) is 1.55. The van der Waals surface area contributed by atoms with Crippen molar-refractivity contribution in [3.8, 4) is 23.7 Å². The summed E-state index contributed by atoms with van der Waals surface area (Å²) < 4.78 is 5.46. The fourth-order valence-electron chi connectivity index (χ4n) is 3.80. The maximum Gasteiger partial charge on any atom is 0.279 e. The zero-order chi connectivity index (χ0) is 26.7. The minimum Gasteiger partial charge on any atom is -0.496 e. The molecule has 2 unspecified atom stereocenters. The lowest BCUT2D eigenvalue weighted by molar-refractivity contribution is -0.114. The van der Waals surface area contributed by atoms with E-state index in [2.05, 4.69) is 36.7 Å². The number of ether oxygens (including phenoxy) is 1. The number of hydrogen-bond donors (Lipinski definition) is 2. The number of rotatable bonds is 7. The van der Waals surface area contributed by atoms with Gasteiger partial charge in [0.05, 0.1) is 18.7 Å². The van der Waals surface area contributed by atoms with Gasteiger partial charge in [0.15, 0.2) is 5.17 Å². The maximum atomic E-state index is 13.0. The number of aliphatic imine (C=N–C) groups is 1. The number of amides is 1. The summed E-state index contributed by atoms with van der Waals surface area (Å²) in [5, 5.41) is 8.84. The molecular formula is C29H38N4O2S. The first-order valence-corrected chi connectivity index (χ1v) is 13.4. The third-order valence-electron chi connectivity index (χ3n) is 6.34. The maximum absolute atomic E-state index is 13.0. The molecule has 1 spiro atoms. The summed E-state index contributed by atoms with van der Waals surface area (Å²) in [6.07, 6.45) is 10.4. The van der Waals surface area contributed by atoms with E-state index >= 15 is 0 Å². The predicted molar refractivity (Wildman–Crippen MR) is 150 cm³/mol. The first-order chi connectivity index (χ1) is 17.3. The van der Waals surface area contributed by atoms with Crippen molar-refractivity contribution in [2.45, 2.75) is 71.6 Å². The number of methoxy groups -OCH3 is 1. The predicted octanol–water partition coefficient (Wildman–Crippen LogP) is 5.78. The molecule has 36 heavy (non-hydrogen) atoms. The largest absolute Gasteiger partial charge is 0.496 e. The van der Waals surface area contributed by atoms with E-state index in [1.54, 1.807) is 37.5 Å². The van der Waals surface area contributed by atoms with Crippen LogP contribution >= 0.6 is 11.8 Å². The normalized spacial score (nSPS) is 18.7. The molecule has 1 aromatic carbocycles. The van der Waals surface area contributed by atoms with E-state index in [1.165, 1.54) is 32.1 Å². The second-order valence-electron chi connectivity index (χ2n) is 8.97. The van der Waals surface area contributed by atoms with Crippen molar-refractivity contribution < 1.29 is 9.53 Å². The number of nitrogens with zero attached hydrogens (tertiary/aromatic N) is 2. The highest BCUT2D eigenvalue weighted by atomic mass is 32.2. The summed E-state index contributed by atoms with van der Waals surface area (Å²) in [4.78, 5) is 17.1. The van der Waals surface area contributed by atoms with E-state index in [0.29, 0.717) is 40.2 Å². The number of nitriles is 1. The summed E-state index contributed by atoms with van der Waals surface area (Å²) in [6, 6.07) is 7.24. The standard InChI is InChI=1S/C25H28N4O2S.C4H10/c1-4-6-19(18(5-2)20-13-16(15-26)7-9-21(20)31-3)23(30)29-24(28)32-22(27)10-8-17-14-25(17)11-12-25;1-3-4-2/h4,6-7,9,13,17,22H,5,11-12,14,27H2,1-3H3,(H2,28,29,30);3-4H2,1-2H3/b6-4-,19-18-;.